The molecule has 2 unspecified atom stereocenters. The highest BCUT2D eigenvalue weighted by molar-refractivity contribution is 5.42. The molecule has 17 heavy (non-hydrogen) atoms. The molecule has 0 radical (unpaired) electrons. The van der Waals surface area contributed by atoms with Crippen LogP contribution in [0.3, 0.4) is 0 Å². The summed E-state index contributed by atoms with van der Waals surface area (Å²) in [6, 6.07) is 5.50. The van der Waals surface area contributed by atoms with E-state index in [2.05, 4.69) is 0 Å². The Morgan fingerprint density at radius 1 is 1.18 bits per heavy atom. The monoisotopic (exact) mass is 239 g/mol. The van der Waals surface area contributed by atoms with E-state index in [1.54, 1.807) is 21.3 Å². The van der Waals surface area contributed by atoms with Crippen LogP contribution in [0.15, 0.2) is 18.2 Å². The molecule has 1 rings (SSSR count). The first-order valence-corrected chi connectivity index (χ1v) is 5.62. The Labute approximate surface area is 103 Å². The highest BCUT2D eigenvalue weighted by atomic mass is 16.5. The lowest BCUT2D eigenvalue weighted by Gasteiger charge is -2.19. The van der Waals surface area contributed by atoms with Gasteiger partial charge in [-0.05, 0) is 31.5 Å². The molecule has 1 aromatic rings. The first kappa shape index (κ1) is 13.8. The average Bonchev–Trinajstić information content (AvgIpc) is 2.37. The molecule has 0 bridgehead atoms. The van der Waals surface area contributed by atoms with Gasteiger partial charge in [0.1, 0.15) is 11.5 Å². The van der Waals surface area contributed by atoms with Crippen LogP contribution in [0.25, 0.3) is 0 Å². The second-order valence-electron chi connectivity index (χ2n) is 4.00. The Kier molecular flexibility index (Phi) is 5.25. The van der Waals surface area contributed by atoms with Crippen molar-refractivity contribution in [2.45, 2.75) is 25.5 Å². The molecule has 0 heterocycles. The van der Waals surface area contributed by atoms with Crippen molar-refractivity contribution in [1.82, 2.24) is 0 Å². The van der Waals surface area contributed by atoms with E-state index >= 15 is 0 Å². The molecule has 0 aliphatic heterocycles. The average molecular weight is 239 g/mol. The zero-order chi connectivity index (χ0) is 12.8. The van der Waals surface area contributed by atoms with Gasteiger partial charge in [-0.25, -0.2) is 0 Å². The SMILES string of the molecule is COc1ccc(OC)c(C(N)CC(C)OC)c1. The van der Waals surface area contributed by atoms with Crippen molar-refractivity contribution in [3.8, 4) is 11.5 Å². The summed E-state index contributed by atoms with van der Waals surface area (Å²) >= 11 is 0. The molecule has 0 aliphatic rings. The number of methoxy groups -OCH3 is 3. The maximum Gasteiger partial charge on any atom is 0.123 e. The van der Waals surface area contributed by atoms with Crippen molar-refractivity contribution < 1.29 is 14.2 Å². The zero-order valence-electron chi connectivity index (χ0n) is 10.9. The highest BCUT2D eigenvalue weighted by Crippen LogP contribution is 2.30. The standard InChI is InChI=1S/C13H21NO3/c1-9(15-2)7-12(14)11-8-10(16-3)5-6-13(11)17-4/h5-6,8-9,12H,7,14H2,1-4H3. The molecule has 2 N–H and O–H groups in total. The minimum Gasteiger partial charge on any atom is -0.497 e. The van der Waals surface area contributed by atoms with Crippen LogP contribution < -0.4 is 15.2 Å². The molecule has 2 atom stereocenters. The fourth-order valence-corrected chi connectivity index (χ4v) is 1.71. The van der Waals surface area contributed by atoms with Gasteiger partial charge in [0, 0.05) is 18.7 Å². The molecule has 0 aliphatic carbocycles. The summed E-state index contributed by atoms with van der Waals surface area (Å²) in [6.45, 7) is 1.99. The van der Waals surface area contributed by atoms with Gasteiger partial charge >= 0.3 is 0 Å². The predicted molar refractivity (Wildman–Crippen MR) is 67.6 cm³/mol. The van der Waals surface area contributed by atoms with Crippen LogP contribution in [-0.2, 0) is 4.74 Å². The van der Waals surface area contributed by atoms with Gasteiger partial charge in [0.2, 0.25) is 0 Å². The van der Waals surface area contributed by atoms with E-state index in [0.717, 1.165) is 23.5 Å². The first-order chi connectivity index (χ1) is 8.12. The number of benzene rings is 1. The largest absolute Gasteiger partial charge is 0.497 e. The first-order valence-electron chi connectivity index (χ1n) is 5.62. The Bertz CT molecular complexity index is 355. The summed E-state index contributed by atoms with van der Waals surface area (Å²) in [5.74, 6) is 1.56. The summed E-state index contributed by atoms with van der Waals surface area (Å²) in [7, 11) is 4.95. The van der Waals surface area contributed by atoms with Crippen LogP contribution in [0.2, 0.25) is 0 Å². The Morgan fingerprint density at radius 2 is 1.88 bits per heavy atom. The van der Waals surface area contributed by atoms with Crippen LogP contribution in [0.4, 0.5) is 0 Å². The van der Waals surface area contributed by atoms with E-state index in [0.29, 0.717) is 0 Å². The molecular formula is C13H21NO3. The lowest BCUT2D eigenvalue weighted by molar-refractivity contribution is 0.104. The Morgan fingerprint density at radius 3 is 2.41 bits per heavy atom. The fourth-order valence-electron chi connectivity index (χ4n) is 1.71. The van der Waals surface area contributed by atoms with E-state index in [1.165, 1.54) is 0 Å². The third-order valence-electron chi connectivity index (χ3n) is 2.82. The Balaban J connectivity index is 2.92. The Hall–Kier alpha value is -1.26. The predicted octanol–water partition coefficient (Wildman–Crippen LogP) is 2.13. The number of ether oxygens (including phenoxy) is 3. The third-order valence-corrected chi connectivity index (χ3v) is 2.82. The number of hydrogen-bond donors (Lipinski definition) is 1. The number of nitrogens with two attached hydrogens (primary N) is 1. The normalized spacial score (nSPS) is 14.2. The lowest BCUT2D eigenvalue weighted by atomic mass is 10.0. The van der Waals surface area contributed by atoms with Crippen molar-refractivity contribution in [2.24, 2.45) is 5.73 Å². The third kappa shape index (κ3) is 3.61. The van der Waals surface area contributed by atoms with Gasteiger partial charge in [-0.15, -0.1) is 0 Å². The van der Waals surface area contributed by atoms with Gasteiger partial charge in [0.05, 0.1) is 20.3 Å². The minimum atomic E-state index is -0.130. The van der Waals surface area contributed by atoms with Gasteiger partial charge < -0.3 is 19.9 Å². The molecule has 0 aromatic heterocycles. The summed E-state index contributed by atoms with van der Waals surface area (Å²) in [5, 5.41) is 0. The molecule has 0 saturated carbocycles. The number of rotatable bonds is 6. The smallest absolute Gasteiger partial charge is 0.123 e. The maximum atomic E-state index is 6.16. The van der Waals surface area contributed by atoms with E-state index < -0.39 is 0 Å². The van der Waals surface area contributed by atoms with E-state index in [1.807, 2.05) is 25.1 Å². The van der Waals surface area contributed by atoms with Gasteiger partial charge in [-0.3, -0.25) is 0 Å². The number of hydrogen-bond acceptors (Lipinski definition) is 4. The van der Waals surface area contributed by atoms with Crippen molar-refractivity contribution in [3.05, 3.63) is 23.8 Å². The summed E-state index contributed by atoms with van der Waals surface area (Å²) in [6.07, 6.45) is 0.848. The molecule has 1 aromatic carbocycles. The van der Waals surface area contributed by atoms with Crippen molar-refractivity contribution in [2.75, 3.05) is 21.3 Å². The second-order valence-corrected chi connectivity index (χ2v) is 4.00. The minimum absolute atomic E-state index is 0.112. The summed E-state index contributed by atoms with van der Waals surface area (Å²) < 4.78 is 15.7. The molecule has 0 amide bonds. The molecule has 4 heteroatoms. The molecular weight excluding hydrogens is 218 g/mol. The maximum absolute atomic E-state index is 6.16. The van der Waals surface area contributed by atoms with Gasteiger partial charge in [0.25, 0.3) is 0 Å². The van der Waals surface area contributed by atoms with Crippen LogP contribution in [-0.4, -0.2) is 27.4 Å². The van der Waals surface area contributed by atoms with E-state index in [9.17, 15) is 0 Å². The van der Waals surface area contributed by atoms with Crippen molar-refractivity contribution >= 4 is 0 Å². The van der Waals surface area contributed by atoms with Crippen LogP contribution >= 0.6 is 0 Å². The highest BCUT2D eigenvalue weighted by Gasteiger charge is 2.16. The quantitative estimate of drug-likeness (QED) is 0.826. The molecule has 96 valence electrons. The van der Waals surface area contributed by atoms with Gasteiger partial charge in [0.15, 0.2) is 0 Å². The lowest BCUT2D eigenvalue weighted by Crippen LogP contribution is -2.18. The van der Waals surface area contributed by atoms with Gasteiger partial charge in [-0.2, -0.15) is 0 Å². The summed E-state index contributed by atoms with van der Waals surface area (Å²) in [5.41, 5.74) is 7.10. The summed E-state index contributed by atoms with van der Waals surface area (Å²) in [4.78, 5) is 0. The van der Waals surface area contributed by atoms with Crippen molar-refractivity contribution in [3.63, 3.8) is 0 Å². The molecule has 0 fully saturated rings. The van der Waals surface area contributed by atoms with Crippen LogP contribution in [0, 0.1) is 0 Å². The second kappa shape index (κ2) is 6.47. The van der Waals surface area contributed by atoms with E-state index in [4.69, 9.17) is 19.9 Å². The molecule has 4 nitrogen and oxygen atoms in total. The van der Waals surface area contributed by atoms with Crippen molar-refractivity contribution in [1.29, 1.82) is 0 Å². The molecule has 0 saturated heterocycles. The van der Waals surface area contributed by atoms with Crippen LogP contribution in [0.1, 0.15) is 24.9 Å². The van der Waals surface area contributed by atoms with Gasteiger partial charge in [-0.1, -0.05) is 0 Å². The van der Waals surface area contributed by atoms with E-state index in [-0.39, 0.29) is 12.1 Å². The zero-order valence-corrected chi connectivity index (χ0v) is 10.9. The topological polar surface area (TPSA) is 53.7 Å². The fraction of sp³-hybridized carbons (Fsp3) is 0.538. The molecule has 0 spiro atoms. The van der Waals surface area contributed by atoms with Crippen LogP contribution in [0.5, 0.6) is 11.5 Å².